The quantitative estimate of drug-likeness (QED) is 0.842. The molecule has 0 amide bonds. The smallest absolute Gasteiger partial charge is 0.147 e. The third kappa shape index (κ3) is 2.83. The second-order valence-electron chi connectivity index (χ2n) is 3.66. The van der Waals surface area contributed by atoms with Crippen LogP contribution in [-0.2, 0) is 4.74 Å². The van der Waals surface area contributed by atoms with E-state index in [9.17, 15) is 4.39 Å². The molecular formula is C11H13ClFNO. The first-order valence-corrected chi connectivity index (χ1v) is 5.43. The molecule has 82 valence electrons. The van der Waals surface area contributed by atoms with Gasteiger partial charge < -0.3 is 10.1 Å². The van der Waals surface area contributed by atoms with Crippen molar-refractivity contribution in [3.8, 4) is 0 Å². The molecular weight excluding hydrogens is 217 g/mol. The second-order valence-corrected chi connectivity index (χ2v) is 4.09. The average Bonchev–Trinajstić information content (AvgIpc) is 2.24. The van der Waals surface area contributed by atoms with Crippen molar-refractivity contribution >= 4 is 17.3 Å². The lowest BCUT2D eigenvalue weighted by Gasteiger charge is -2.24. The molecule has 2 rings (SSSR count). The SMILES string of the molecule is Fc1cc(Cl)ccc1NC1CCOCC1. The maximum absolute atomic E-state index is 13.4. The predicted molar refractivity (Wildman–Crippen MR) is 58.9 cm³/mol. The van der Waals surface area contributed by atoms with E-state index in [1.54, 1.807) is 12.1 Å². The fourth-order valence-corrected chi connectivity index (χ4v) is 1.83. The van der Waals surface area contributed by atoms with Gasteiger partial charge in [-0.25, -0.2) is 4.39 Å². The summed E-state index contributed by atoms with van der Waals surface area (Å²) in [7, 11) is 0. The maximum atomic E-state index is 13.4. The first-order chi connectivity index (χ1) is 7.25. The van der Waals surface area contributed by atoms with E-state index < -0.39 is 0 Å². The van der Waals surface area contributed by atoms with Crippen molar-refractivity contribution in [3.05, 3.63) is 29.0 Å². The molecule has 15 heavy (non-hydrogen) atoms. The number of hydrogen-bond acceptors (Lipinski definition) is 2. The second kappa shape index (κ2) is 4.81. The number of rotatable bonds is 2. The van der Waals surface area contributed by atoms with E-state index in [0.717, 1.165) is 26.1 Å². The summed E-state index contributed by atoms with van der Waals surface area (Å²) in [5, 5.41) is 3.58. The molecule has 0 saturated carbocycles. The molecule has 1 aromatic rings. The molecule has 0 aliphatic carbocycles. The van der Waals surface area contributed by atoms with E-state index in [1.165, 1.54) is 6.07 Å². The lowest BCUT2D eigenvalue weighted by molar-refractivity contribution is 0.0904. The summed E-state index contributed by atoms with van der Waals surface area (Å²) in [4.78, 5) is 0. The van der Waals surface area contributed by atoms with Crippen LogP contribution in [0.1, 0.15) is 12.8 Å². The molecule has 0 radical (unpaired) electrons. The lowest BCUT2D eigenvalue weighted by atomic mass is 10.1. The first-order valence-electron chi connectivity index (χ1n) is 5.05. The Hall–Kier alpha value is -0.800. The third-order valence-electron chi connectivity index (χ3n) is 2.51. The normalized spacial score (nSPS) is 17.7. The van der Waals surface area contributed by atoms with Crippen molar-refractivity contribution in [1.82, 2.24) is 0 Å². The molecule has 0 atom stereocenters. The molecule has 1 fully saturated rings. The summed E-state index contributed by atoms with van der Waals surface area (Å²) in [5.74, 6) is -0.297. The zero-order chi connectivity index (χ0) is 10.7. The van der Waals surface area contributed by atoms with Gasteiger partial charge in [-0.1, -0.05) is 11.6 Å². The predicted octanol–water partition coefficient (Wildman–Crippen LogP) is 3.07. The summed E-state index contributed by atoms with van der Waals surface area (Å²) < 4.78 is 18.7. The van der Waals surface area contributed by atoms with Gasteiger partial charge in [0.25, 0.3) is 0 Å². The number of anilines is 1. The topological polar surface area (TPSA) is 21.3 Å². The fourth-order valence-electron chi connectivity index (χ4n) is 1.67. The minimum atomic E-state index is -0.297. The van der Waals surface area contributed by atoms with Crippen molar-refractivity contribution in [3.63, 3.8) is 0 Å². The zero-order valence-electron chi connectivity index (χ0n) is 8.30. The molecule has 0 aromatic heterocycles. The van der Waals surface area contributed by atoms with Crippen LogP contribution in [-0.4, -0.2) is 19.3 Å². The van der Waals surface area contributed by atoms with Crippen molar-refractivity contribution < 1.29 is 9.13 Å². The van der Waals surface area contributed by atoms with Crippen LogP contribution < -0.4 is 5.32 Å². The summed E-state index contributed by atoms with van der Waals surface area (Å²) in [5.41, 5.74) is 0.520. The average molecular weight is 230 g/mol. The van der Waals surface area contributed by atoms with E-state index in [2.05, 4.69) is 5.32 Å². The Balaban J connectivity index is 2.03. The van der Waals surface area contributed by atoms with Crippen LogP contribution in [0.25, 0.3) is 0 Å². The van der Waals surface area contributed by atoms with Crippen LogP contribution >= 0.6 is 11.6 Å². The Labute approximate surface area is 93.4 Å². The van der Waals surface area contributed by atoms with Crippen LogP contribution in [0.15, 0.2) is 18.2 Å². The molecule has 0 bridgehead atoms. The monoisotopic (exact) mass is 229 g/mol. The van der Waals surface area contributed by atoms with Gasteiger partial charge >= 0.3 is 0 Å². The molecule has 1 aliphatic rings. The molecule has 0 spiro atoms. The van der Waals surface area contributed by atoms with Gasteiger partial charge in [0.2, 0.25) is 0 Å². The van der Waals surface area contributed by atoms with Gasteiger partial charge in [-0.05, 0) is 31.0 Å². The van der Waals surface area contributed by atoms with Crippen molar-refractivity contribution in [2.75, 3.05) is 18.5 Å². The number of hydrogen-bond donors (Lipinski definition) is 1. The third-order valence-corrected chi connectivity index (χ3v) is 2.75. The van der Waals surface area contributed by atoms with Gasteiger partial charge in [0.1, 0.15) is 5.82 Å². The summed E-state index contributed by atoms with van der Waals surface area (Å²) in [6, 6.07) is 4.98. The lowest BCUT2D eigenvalue weighted by Crippen LogP contribution is -2.28. The molecule has 1 saturated heterocycles. The van der Waals surface area contributed by atoms with Crippen LogP contribution in [0.3, 0.4) is 0 Å². The first kappa shape index (κ1) is 10.7. The van der Waals surface area contributed by atoms with Crippen molar-refractivity contribution in [2.24, 2.45) is 0 Å². The molecule has 1 N–H and O–H groups in total. The summed E-state index contributed by atoms with van der Waals surface area (Å²) >= 11 is 5.67. The highest BCUT2D eigenvalue weighted by Crippen LogP contribution is 2.21. The van der Waals surface area contributed by atoms with Gasteiger partial charge in [0, 0.05) is 24.3 Å². The van der Waals surface area contributed by atoms with Crippen LogP contribution in [0.5, 0.6) is 0 Å². The number of nitrogens with one attached hydrogen (secondary N) is 1. The minimum absolute atomic E-state index is 0.297. The van der Waals surface area contributed by atoms with Crippen molar-refractivity contribution in [2.45, 2.75) is 18.9 Å². The van der Waals surface area contributed by atoms with E-state index >= 15 is 0 Å². The van der Waals surface area contributed by atoms with Gasteiger partial charge in [-0.15, -0.1) is 0 Å². The van der Waals surface area contributed by atoms with Gasteiger partial charge in [-0.3, -0.25) is 0 Å². The highest BCUT2D eigenvalue weighted by atomic mass is 35.5. The Morgan fingerprint density at radius 2 is 2.07 bits per heavy atom. The molecule has 1 aromatic carbocycles. The van der Waals surface area contributed by atoms with Crippen LogP contribution in [0.4, 0.5) is 10.1 Å². The Bertz CT molecular complexity index is 339. The summed E-state index contributed by atoms with van der Waals surface area (Å²) in [6.45, 7) is 1.49. The highest BCUT2D eigenvalue weighted by molar-refractivity contribution is 6.30. The van der Waals surface area contributed by atoms with E-state index in [0.29, 0.717) is 16.8 Å². The Morgan fingerprint density at radius 1 is 1.33 bits per heavy atom. The molecule has 4 heteroatoms. The van der Waals surface area contributed by atoms with Crippen LogP contribution in [0, 0.1) is 5.82 Å². The van der Waals surface area contributed by atoms with Gasteiger partial charge in [-0.2, -0.15) is 0 Å². The molecule has 2 nitrogen and oxygen atoms in total. The van der Waals surface area contributed by atoms with Crippen LogP contribution in [0.2, 0.25) is 5.02 Å². The van der Waals surface area contributed by atoms with E-state index in [4.69, 9.17) is 16.3 Å². The highest BCUT2D eigenvalue weighted by Gasteiger charge is 2.14. The van der Waals surface area contributed by atoms with E-state index in [-0.39, 0.29) is 5.82 Å². The number of halogens is 2. The Kier molecular flexibility index (Phi) is 3.44. The Morgan fingerprint density at radius 3 is 2.73 bits per heavy atom. The van der Waals surface area contributed by atoms with Gasteiger partial charge in [0.15, 0.2) is 0 Å². The molecule has 0 unspecified atom stereocenters. The molecule has 1 aliphatic heterocycles. The van der Waals surface area contributed by atoms with E-state index in [1.807, 2.05) is 0 Å². The summed E-state index contributed by atoms with van der Waals surface area (Å²) in [6.07, 6.45) is 1.84. The zero-order valence-corrected chi connectivity index (χ0v) is 9.06. The standard InChI is InChI=1S/C11H13ClFNO/c12-8-1-2-11(10(13)7-8)14-9-3-5-15-6-4-9/h1-2,7,9,14H,3-6H2. The largest absolute Gasteiger partial charge is 0.381 e. The fraction of sp³-hybridized carbons (Fsp3) is 0.455. The maximum Gasteiger partial charge on any atom is 0.147 e. The van der Waals surface area contributed by atoms with Gasteiger partial charge in [0.05, 0.1) is 5.69 Å². The molecule has 1 heterocycles. The number of benzene rings is 1. The number of ether oxygens (including phenoxy) is 1. The minimum Gasteiger partial charge on any atom is -0.381 e. The van der Waals surface area contributed by atoms with Crippen molar-refractivity contribution in [1.29, 1.82) is 0 Å².